The third-order valence-electron chi connectivity index (χ3n) is 2.41. The summed E-state index contributed by atoms with van der Waals surface area (Å²) in [5, 5.41) is 0.544. The minimum Gasteiger partial charge on any atom is -0.397 e. The van der Waals surface area contributed by atoms with Crippen LogP contribution in [0.3, 0.4) is 0 Å². The number of hydrogen-bond acceptors (Lipinski definition) is 4. The molecule has 19 heavy (non-hydrogen) atoms. The van der Waals surface area contributed by atoms with Gasteiger partial charge < -0.3 is 5.73 Å². The van der Waals surface area contributed by atoms with E-state index in [0.29, 0.717) is 10.7 Å². The molecule has 1 aromatic heterocycles. The van der Waals surface area contributed by atoms with Crippen molar-refractivity contribution in [1.82, 2.24) is 9.71 Å². The summed E-state index contributed by atoms with van der Waals surface area (Å²) in [4.78, 5) is 3.78. The molecule has 0 radical (unpaired) electrons. The van der Waals surface area contributed by atoms with Crippen molar-refractivity contribution in [3.05, 3.63) is 53.2 Å². The standard InChI is InChI=1S/C12H12ClN3O2S/c13-10-3-1-9(2-4-10)7-16-19(17,18)12-6-5-11(14)8-15-12/h1-6,8,16H,7,14H2. The SMILES string of the molecule is Nc1ccc(S(=O)(=O)NCc2ccc(Cl)cc2)nc1. The number of nitrogens with two attached hydrogens (primary N) is 1. The summed E-state index contributed by atoms with van der Waals surface area (Å²) in [7, 11) is -3.64. The van der Waals surface area contributed by atoms with E-state index in [0.717, 1.165) is 5.56 Å². The summed E-state index contributed by atoms with van der Waals surface area (Å²) in [6.45, 7) is 0.172. The first-order valence-corrected chi connectivity index (χ1v) is 7.29. The van der Waals surface area contributed by atoms with Crippen LogP contribution in [0.5, 0.6) is 0 Å². The van der Waals surface area contributed by atoms with Crippen LogP contribution in [-0.4, -0.2) is 13.4 Å². The number of pyridine rings is 1. The van der Waals surface area contributed by atoms with E-state index >= 15 is 0 Å². The molecule has 100 valence electrons. The van der Waals surface area contributed by atoms with Gasteiger partial charge in [-0.15, -0.1) is 0 Å². The molecule has 2 aromatic rings. The number of halogens is 1. The number of benzene rings is 1. The average Bonchev–Trinajstić information content (AvgIpc) is 2.39. The highest BCUT2D eigenvalue weighted by atomic mass is 35.5. The molecule has 5 nitrogen and oxygen atoms in total. The Morgan fingerprint density at radius 3 is 2.42 bits per heavy atom. The van der Waals surface area contributed by atoms with Crippen molar-refractivity contribution in [2.75, 3.05) is 5.73 Å². The first-order chi connectivity index (χ1) is 8.97. The number of nitrogens with one attached hydrogen (secondary N) is 1. The maximum atomic E-state index is 11.9. The third kappa shape index (κ3) is 3.66. The highest BCUT2D eigenvalue weighted by Gasteiger charge is 2.14. The predicted molar refractivity (Wildman–Crippen MR) is 74.1 cm³/mol. The van der Waals surface area contributed by atoms with E-state index in [-0.39, 0.29) is 11.6 Å². The van der Waals surface area contributed by atoms with E-state index < -0.39 is 10.0 Å². The maximum absolute atomic E-state index is 11.9. The monoisotopic (exact) mass is 297 g/mol. The fourth-order valence-corrected chi connectivity index (χ4v) is 2.47. The number of nitrogen functional groups attached to an aromatic ring is 1. The zero-order chi connectivity index (χ0) is 13.9. The molecule has 0 aliphatic carbocycles. The topological polar surface area (TPSA) is 85.1 Å². The Morgan fingerprint density at radius 2 is 1.84 bits per heavy atom. The molecule has 0 saturated carbocycles. The molecular weight excluding hydrogens is 286 g/mol. The molecule has 1 heterocycles. The first kappa shape index (κ1) is 13.8. The van der Waals surface area contributed by atoms with Gasteiger partial charge in [-0.25, -0.2) is 18.1 Å². The molecule has 0 unspecified atom stereocenters. The van der Waals surface area contributed by atoms with Crippen LogP contribution in [0.15, 0.2) is 47.6 Å². The minimum atomic E-state index is -3.64. The molecule has 3 N–H and O–H groups in total. The van der Waals surface area contributed by atoms with Gasteiger partial charge in [0.25, 0.3) is 10.0 Å². The quantitative estimate of drug-likeness (QED) is 0.901. The molecule has 0 aliphatic heterocycles. The van der Waals surface area contributed by atoms with Crippen molar-refractivity contribution in [1.29, 1.82) is 0 Å². The fraction of sp³-hybridized carbons (Fsp3) is 0.0833. The van der Waals surface area contributed by atoms with Crippen molar-refractivity contribution < 1.29 is 8.42 Å². The van der Waals surface area contributed by atoms with Crippen LogP contribution < -0.4 is 10.5 Å². The number of hydrogen-bond donors (Lipinski definition) is 2. The van der Waals surface area contributed by atoms with Gasteiger partial charge in [-0.2, -0.15) is 0 Å². The molecule has 0 bridgehead atoms. The minimum absolute atomic E-state index is 0.0596. The molecule has 0 atom stereocenters. The zero-order valence-corrected chi connectivity index (χ0v) is 11.4. The largest absolute Gasteiger partial charge is 0.397 e. The highest BCUT2D eigenvalue weighted by molar-refractivity contribution is 7.89. The lowest BCUT2D eigenvalue weighted by molar-refractivity contribution is 0.577. The highest BCUT2D eigenvalue weighted by Crippen LogP contribution is 2.11. The number of anilines is 1. The molecule has 2 rings (SSSR count). The third-order valence-corrected chi connectivity index (χ3v) is 3.98. The van der Waals surface area contributed by atoms with Gasteiger partial charge >= 0.3 is 0 Å². The normalized spacial score (nSPS) is 11.4. The molecule has 1 aromatic carbocycles. The van der Waals surface area contributed by atoms with Gasteiger partial charge in [-0.3, -0.25) is 0 Å². The average molecular weight is 298 g/mol. The first-order valence-electron chi connectivity index (χ1n) is 5.43. The van der Waals surface area contributed by atoms with Gasteiger partial charge in [0.2, 0.25) is 0 Å². The second-order valence-electron chi connectivity index (χ2n) is 3.88. The molecule has 7 heteroatoms. The molecular formula is C12H12ClN3O2S. The number of rotatable bonds is 4. The van der Waals surface area contributed by atoms with Gasteiger partial charge in [0.15, 0.2) is 5.03 Å². The lowest BCUT2D eigenvalue weighted by Crippen LogP contribution is -2.24. The Balaban J connectivity index is 2.09. The Labute approximate surface area is 116 Å². The van der Waals surface area contributed by atoms with E-state index in [2.05, 4.69) is 9.71 Å². The van der Waals surface area contributed by atoms with Crippen molar-refractivity contribution in [3.63, 3.8) is 0 Å². The second kappa shape index (κ2) is 5.56. The Morgan fingerprint density at radius 1 is 1.16 bits per heavy atom. The van der Waals surface area contributed by atoms with Gasteiger partial charge in [0, 0.05) is 11.6 Å². The van der Waals surface area contributed by atoms with Crippen molar-refractivity contribution in [2.45, 2.75) is 11.6 Å². The van der Waals surface area contributed by atoms with E-state index in [1.807, 2.05) is 0 Å². The number of aromatic nitrogens is 1. The molecule has 0 fully saturated rings. The summed E-state index contributed by atoms with van der Waals surface area (Å²) < 4.78 is 26.3. The summed E-state index contributed by atoms with van der Waals surface area (Å²) in [5.41, 5.74) is 6.68. The van der Waals surface area contributed by atoms with Crippen molar-refractivity contribution in [2.24, 2.45) is 0 Å². The second-order valence-corrected chi connectivity index (χ2v) is 6.03. The van der Waals surface area contributed by atoms with Gasteiger partial charge in [-0.1, -0.05) is 23.7 Å². The number of sulfonamides is 1. The van der Waals surface area contributed by atoms with Crippen LogP contribution >= 0.6 is 11.6 Å². The Kier molecular flexibility index (Phi) is 4.04. The van der Waals surface area contributed by atoms with Crippen molar-refractivity contribution >= 4 is 27.3 Å². The number of nitrogens with zero attached hydrogens (tertiary/aromatic N) is 1. The smallest absolute Gasteiger partial charge is 0.258 e. The Bertz CT molecular complexity index is 654. The fourth-order valence-electron chi connectivity index (χ4n) is 1.41. The van der Waals surface area contributed by atoms with Gasteiger partial charge in [0.05, 0.1) is 11.9 Å². The molecule has 0 saturated heterocycles. The van der Waals surface area contributed by atoms with Crippen LogP contribution in [-0.2, 0) is 16.6 Å². The van der Waals surface area contributed by atoms with E-state index in [1.165, 1.54) is 18.3 Å². The van der Waals surface area contributed by atoms with Crippen LogP contribution in [0.25, 0.3) is 0 Å². The lowest BCUT2D eigenvalue weighted by Gasteiger charge is -2.06. The summed E-state index contributed by atoms with van der Waals surface area (Å²) in [6, 6.07) is 9.76. The summed E-state index contributed by atoms with van der Waals surface area (Å²) in [6.07, 6.45) is 1.30. The van der Waals surface area contributed by atoms with E-state index in [4.69, 9.17) is 17.3 Å². The van der Waals surface area contributed by atoms with Crippen LogP contribution in [0.4, 0.5) is 5.69 Å². The van der Waals surface area contributed by atoms with Gasteiger partial charge in [-0.05, 0) is 29.8 Å². The maximum Gasteiger partial charge on any atom is 0.258 e. The molecule has 0 amide bonds. The Hall–Kier alpha value is -1.63. The zero-order valence-electron chi connectivity index (χ0n) is 9.88. The summed E-state index contributed by atoms with van der Waals surface area (Å²) >= 11 is 5.75. The van der Waals surface area contributed by atoms with Crippen LogP contribution in [0.2, 0.25) is 5.02 Å². The van der Waals surface area contributed by atoms with Crippen LogP contribution in [0, 0.1) is 0 Å². The van der Waals surface area contributed by atoms with Crippen molar-refractivity contribution in [3.8, 4) is 0 Å². The van der Waals surface area contributed by atoms with E-state index in [9.17, 15) is 8.42 Å². The summed E-state index contributed by atoms with van der Waals surface area (Å²) in [5.74, 6) is 0. The molecule has 0 spiro atoms. The van der Waals surface area contributed by atoms with E-state index in [1.54, 1.807) is 24.3 Å². The van der Waals surface area contributed by atoms with Gasteiger partial charge in [0.1, 0.15) is 0 Å². The predicted octanol–water partition coefficient (Wildman–Crippen LogP) is 1.80. The van der Waals surface area contributed by atoms with Crippen LogP contribution in [0.1, 0.15) is 5.56 Å². The molecule has 0 aliphatic rings. The lowest BCUT2D eigenvalue weighted by atomic mass is 10.2.